The largest absolute Gasteiger partial charge is 0.350 e. The minimum absolute atomic E-state index is 0.0351. The first kappa shape index (κ1) is 17.5. The van der Waals surface area contributed by atoms with Crippen LogP contribution in [0.3, 0.4) is 0 Å². The molecule has 5 nitrogen and oxygen atoms in total. The van der Waals surface area contributed by atoms with E-state index in [9.17, 15) is 9.59 Å². The van der Waals surface area contributed by atoms with Crippen molar-refractivity contribution in [1.82, 2.24) is 10.6 Å². The lowest BCUT2D eigenvalue weighted by molar-refractivity contribution is -0.129. The predicted molar refractivity (Wildman–Crippen MR) is 90.7 cm³/mol. The van der Waals surface area contributed by atoms with Gasteiger partial charge in [-0.05, 0) is 30.7 Å². The molecule has 1 aromatic rings. The predicted octanol–water partition coefficient (Wildman–Crippen LogP) is 1.37. The second kappa shape index (κ2) is 8.67. The lowest BCUT2D eigenvalue weighted by atomic mass is 10.1. The first-order valence-electron chi connectivity index (χ1n) is 8.47. The fourth-order valence-corrected chi connectivity index (χ4v) is 2.74. The summed E-state index contributed by atoms with van der Waals surface area (Å²) in [7, 11) is 0. The van der Waals surface area contributed by atoms with Gasteiger partial charge in [0.2, 0.25) is 11.8 Å². The van der Waals surface area contributed by atoms with Crippen molar-refractivity contribution in [3.05, 3.63) is 35.9 Å². The third-order valence-electron chi connectivity index (χ3n) is 4.21. The number of nitrogens with two attached hydrogens (primary N) is 1. The van der Waals surface area contributed by atoms with Gasteiger partial charge in [-0.15, -0.1) is 0 Å². The van der Waals surface area contributed by atoms with Crippen LogP contribution in [0.25, 0.3) is 0 Å². The average molecular weight is 317 g/mol. The van der Waals surface area contributed by atoms with Crippen LogP contribution < -0.4 is 16.4 Å². The van der Waals surface area contributed by atoms with Gasteiger partial charge in [-0.3, -0.25) is 9.59 Å². The second-order valence-corrected chi connectivity index (χ2v) is 6.26. The summed E-state index contributed by atoms with van der Waals surface area (Å²) in [6.45, 7) is 2.46. The molecule has 0 aromatic heterocycles. The van der Waals surface area contributed by atoms with Gasteiger partial charge in [-0.1, -0.05) is 43.7 Å². The molecule has 23 heavy (non-hydrogen) atoms. The van der Waals surface area contributed by atoms with Crippen molar-refractivity contribution in [2.24, 2.45) is 11.7 Å². The molecule has 0 saturated heterocycles. The molecule has 126 valence electrons. The molecule has 1 aromatic carbocycles. The number of hydrogen-bond donors (Lipinski definition) is 3. The molecule has 1 saturated carbocycles. The Hall–Kier alpha value is -1.88. The number of nitrogens with one attached hydrogen (secondary N) is 2. The zero-order valence-electron chi connectivity index (χ0n) is 13.8. The van der Waals surface area contributed by atoms with E-state index in [2.05, 4.69) is 10.6 Å². The molecule has 2 rings (SSSR count). The SMILES string of the molecule is CCCC(NC(=O)Cc1ccccc1)C(=O)NC(CN)C1CC1. The van der Waals surface area contributed by atoms with Gasteiger partial charge in [0, 0.05) is 12.6 Å². The zero-order chi connectivity index (χ0) is 16.7. The molecular weight excluding hydrogens is 290 g/mol. The molecule has 1 aliphatic rings. The van der Waals surface area contributed by atoms with Crippen LogP contribution in [0, 0.1) is 5.92 Å². The van der Waals surface area contributed by atoms with Crippen molar-refractivity contribution in [2.75, 3.05) is 6.54 Å². The molecule has 0 heterocycles. The lowest BCUT2D eigenvalue weighted by Gasteiger charge is -2.22. The first-order valence-corrected chi connectivity index (χ1v) is 8.47. The molecule has 0 aliphatic heterocycles. The highest BCUT2D eigenvalue weighted by atomic mass is 16.2. The van der Waals surface area contributed by atoms with E-state index in [-0.39, 0.29) is 24.3 Å². The van der Waals surface area contributed by atoms with Crippen LogP contribution in [0.5, 0.6) is 0 Å². The summed E-state index contributed by atoms with van der Waals surface area (Å²) < 4.78 is 0. The molecule has 2 atom stereocenters. The Labute approximate surface area is 138 Å². The van der Waals surface area contributed by atoms with Gasteiger partial charge in [0.05, 0.1) is 6.42 Å². The minimum Gasteiger partial charge on any atom is -0.350 e. The summed E-state index contributed by atoms with van der Waals surface area (Å²) in [4.78, 5) is 24.6. The fraction of sp³-hybridized carbons (Fsp3) is 0.556. The number of carbonyl (C=O) groups is 2. The third kappa shape index (κ3) is 5.67. The summed E-state index contributed by atoms with van der Waals surface area (Å²) in [6, 6.07) is 9.09. The molecule has 1 fully saturated rings. The summed E-state index contributed by atoms with van der Waals surface area (Å²) in [5.41, 5.74) is 6.68. The molecule has 2 amide bonds. The number of amides is 2. The molecular formula is C18H27N3O2. The molecule has 4 N–H and O–H groups in total. The van der Waals surface area contributed by atoms with E-state index in [1.807, 2.05) is 37.3 Å². The second-order valence-electron chi connectivity index (χ2n) is 6.26. The Morgan fingerprint density at radius 2 is 1.91 bits per heavy atom. The van der Waals surface area contributed by atoms with Crippen molar-refractivity contribution in [3.63, 3.8) is 0 Å². The Morgan fingerprint density at radius 3 is 2.48 bits per heavy atom. The Balaban J connectivity index is 1.88. The maximum absolute atomic E-state index is 12.4. The van der Waals surface area contributed by atoms with Crippen molar-refractivity contribution >= 4 is 11.8 Å². The van der Waals surface area contributed by atoms with E-state index >= 15 is 0 Å². The van der Waals surface area contributed by atoms with Crippen molar-refractivity contribution in [3.8, 4) is 0 Å². The van der Waals surface area contributed by atoms with Crippen LogP contribution in [0.1, 0.15) is 38.2 Å². The van der Waals surface area contributed by atoms with Crippen LogP contribution in [-0.4, -0.2) is 30.4 Å². The quantitative estimate of drug-likeness (QED) is 0.643. The standard InChI is InChI=1S/C18H27N3O2/c1-2-6-15(18(23)21-16(12-19)14-9-10-14)20-17(22)11-13-7-4-3-5-8-13/h3-5,7-8,14-16H,2,6,9-12,19H2,1H3,(H,20,22)(H,21,23). The number of rotatable bonds is 9. The summed E-state index contributed by atoms with van der Waals surface area (Å²) in [6.07, 6.45) is 4.01. The highest BCUT2D eigenvalue weighted by Gasteiger charge is 2.32. The Kier molecular flexibility index (Phi) is 6.59. The number of carbonyl (C=O) groups excluding carboxylic acids is 2. The maximum atomic E-state index is 12.4. The van der Waals surface area contributed by atoms with Crippen LogP contribution in [0.4, 0.5) is 0 Å². The van der Waals surface area contributed by atoms with Gasteiger partial charge < -0.3 is 16.4 Å². The summed E-state index contributed by atoms with van der Waals surface area (Å²) in [5.74, 6) is 0.266. The summed E-state index contributed by atoms with van der Waals surface area (Å²) >= 11 is 0. The van der Waals surface area contributed by atoms with E-state index < -0.39 is 6.04 Å². The smallest absolute Gasteiger partial charge is 0.242 e. The van der Waals surface area contributed by atoms with Crippen LogP contribution in [-0.2, 0) is 16.0 Å². The monoisotopic (exact) mass is 317 g/mol. The first-order chi connectivity index (χ1) is 11.1. The van der Waals surface area contributed by atoms with Gasteiger partial charge >= 0.3 is 0 Å². The van der Waals surface area contributed by atoms with Gasteiger partial charge in [0.25, 0.3) is 0 Å². The Bertz CT molecular complexity index is 514. The Morgan fingerprint density at radius 1 is 1.22 bits per heavy atom. The van der Waals surface area contributed by atoms with Gasteiger partial charge in [-0.25, -0.2) is 0 Å². The van der Waals surface area contributed by atoms with Crippen molar-refractivity contribution in [1.29, 1.82) is 0 Å². The normalized spacial score (nSPS) is 16.4. The van der Waals surface area contributed by atoms with E-state index in [4.69, 9.17) is 5.73 Å². The van der Waals surface area contributed by atoms with E-state index in [1.165, 1.54) is 0 Å². The van der Waals surface area contributed by atoms with Crippen LogP contribution in [0.15, 0.2) is 30.3 Å². The number of hydrogen-bond acceptors (Lipinski definition) is 3. The van der Waals surface area contributed by atoms with Crippen LogP contribution in [0.2, 0.25) is 0 Å². The highest BCUT2D eigenvalue weighted by molar-refractivity contribution is 5.88. The molecule has 0 spiro atoms. The van der Waals surface area contributed by atoms with Crippen molar-refractivity contribution < 1.29 is 9.59 Å². The minimum atomic E-state index is -0.482. The highest BCUT2D eigenvalue weighted by Crippen LogP contribution is 2.32. The topological polar surface area (TPSA) is 84.2 Å². The van der Waals surface area contributed by atoms with Gasteiger partial charge in [-0.2, -0.15) is 0 Å². The summed E-state index contributed by atoms with van der Waals surface area (Å²) in [5, 5.41) is 5.87. The molecule has 2 unspecified atom stereocenters. The fourth-order valence-electron chi connectivity index (χ4n) is 2.74. The molecule has 0 radical (unpaired) electrons. The van der Waals surface area contributed by atoms with E-state index in [0.29, 0.717) is 18.9 Å². The third-order valence-corrected chi connectivity index (χ3v) is 4.21. The van der Waals surface area contributed by atoms with Crippen LogP contribution >= 0.6 is 0 Å². The van der Waals surface area contributed by atoms with E-state index in [1.54, 1.807) is 0 Å². The van der Waals surface area contributed by atoms with Crippen molar-refractivity contribution in [2.45, 2.75) is 51.1 Å². The number of benzene rings is 1. The van der Waals surface area contributed by atoms with Gasteiger partial charge in [0.1, 0.15) is 6.04 Å². The van der Waals surface area contributed by atoms with Gasteiger partial charge in [0.15, 0.2) is 0 Å². The molecule has 1 aliphatic carbocycles. The maximum Gasteiger partial charge on any atom is 0.242 e. The molecule has 0 bridgehead atoms. The zero-order valence-corrected chi connectivity index (χ0v) is 13.8. The van der Waals surface area contributed by atoms with E-state index in [0.717, 1.165) is 24.8 Å². The molecule has 5 heteroatoms. The average Bonchev–Trinajstić information content (AvgIpc) is 3.37. The lowest BCUT2D eigenvalue weighted by Crippen LogP contribution is -2.52.